The van der Waals surface area contributed by atoms with Gasteiger partial charge in [0.2, 0.25) is 5.89 Å². The van der Waals surface area contributed by atoms with Crippen LogP contribution in [0.1, 0.15) is 88.4 Å². The molecule has 8 heteroatoms. The van der Waals surface area contributed by atoms with Gasteiger partial charge in [-0.3, -0.25) is 4.79 Å². The van der Waals surface area contributed by atoms with Crippen LogP contribution in [0, 0.1) is 5.92 Å². The summed E-state index contributed by atoms with van der Waals surface area (Å²) in [5.74, 6) is 0.353. The van der Waals surface area contributed by atoms with E-state index in [9.17, 15) is 14.7 Å². The van der Waals surface area contributed by atoms with Crippen LogP contribution in [0.5, 0.6) is 0 Å². The summed E-state index contributed by atoms with van der Waals surface area (Å²) in [6.45, 7) is 6.15. The van der Waals surface area contributed by atoms with Gasteiger partial charge in [-0.05, 0) is 64.9 Å². The second-order valence-electron chi connectivity index (χ2n) is 11.2. The minimum Gasteiger partial charge on any atom is -0.481 e. The Morgan fingerprint density at radius 3 is 2.53 bits per heavy atom. The number of hydrogen-bond donors (Lipinski definition) is 1. The second kappa shape index (κ2) is 8.40. The van der Waals surface area contributed by atoms with Crippen molar-refractivity contribution in [1.29, 1.82) is 0 Å². The van der Waals surface area contributed by atoms with E-state index in [1.165, 1.54) is 5.56 Å². The third-order valence-corrected chi connectivity index (χ3v) is 7.39. The molecule has 5 rings (SSSR count). The maximum absolute atomic E-state index is 13.3. The molecule has 8 nitrogen and oxygen atoms in total. The van der Waals surface area contributed by atoms with Crippen molar-refractivity contribution in [1.82, 2.24) is 15.0 Å². The highest BCUT2D eigenvalue weighted by Gasteiger charge is 2.55. The summed E-state index contributed by atoms with van der Waals surface area (Å²) >= 11 is 0. The molecule has 2 aromatic rings. The summed E-state index contributed by atoms with van der Waals surface area (Å²) in [5.41, 5.74) is 0.334. The van der Waals surface area contributed by atoms with Gasteiger partial charge in [-0.15, -0.1) is 0 Å². The van der Waals surface area contributed by atoms with E-state index in [1.54, 1.807) is 0 Å². The number of aromatic nitrogens is 2. The lowest BCUT2D eigenvalue weighted by Crippen LogP contribution is -2.43. The van der Waals surface area contributed by atoms with Crippen LogP contribution in [0.2, 0.25) is 0 Å². The zero-order chi connectivity index (χ0) is 24.1. The molecule has 1 heterocycles. The van der Waals surface area contributed by atoms with Gasteiger partial charge in [-0.1, -0.05) is 35.5 Å². The molecule has 34 heavy (non-hydrogen) atoms. The van der Waals surface area contributed by atoms with Crippen LogP contribution in [-0.2, 0) is 14.9 Å². The van der Waals surface area contributed by atoms with E-state index >= 15 is 0 Å². The minimum atomic E-state index is -0.758. The number of carboxylic acids is 1. The van der Waals surface area contributed by atoms with Gasteiger partial charge in [-0.25, -0.2) is 4.79 Å². The van der Waals surface area contributed by atoms with Gasteiger partial charge in [-0.2, -0.15) is 4.98 Å². The lowest BCUT2D eigenvalue weighted by atomic mass is 10.0. The smallest absolute Gasteiger partial charge is 0.410 e. The third kappa shape index (κ3) is 4.68. The molecular formula is C26H33N3O5. The van der Waals surface area contributed by atoms with Crippen molar-refractivity contribution in [2.75, 3.05) is 6.54 Å². The van der Waals surface area contributed by atoms with Crippen LogP contribution >= 0.6 is 0 Å². The molecule has 0 aliphatic heterocycles. The number of nitrogens with zero attached hydrogens (tertiary/aromatic N) is 3. The average molecular weight is 468 g/mol. The molecule has 3 fully saturated rings. The second-order valence-corrected chi connectivity index (χ2v) is 11.2. The van der Waals surface area contributed by atoms with E-state index in [0.717, 1.165) is 25.7 Å². The molecule has 1 aromatic heterocycles. The van der Waals surface area contributed by atoms with Crippen LogP contribution in [0.15, 0.2) is 34.9 Å². The Hall–Kier alpha value is -2.90. The summed E-state index contributed by atoms with van der Waals surface area (Å²) in [6.07, 6.45) is 4.30. The fourth-order valence-corrected chi connectivity index (χ4v) is 5.20. The molecule has 3 aliphatic carbocycles. The Morgan fingerprint density at radius 1 is 1.18 bits per heavy atom. The SMILES string of the molecule is CC(C)(C)OC(=O)N(CC1(c2noc([C@H]3CC[C@@H](C(=O)O)C3)n2)CC1)[C@H]1CC1c1ccccc1. The molecular weight excluding hydrogens is 434 g/mol. The molecule has 1 unspecified atom stereocenters. The summed E-state index contributed by atoms with van der Waals surface area (Å²) in [5, 5.41) is 13.6. The molecule has 1 aromatic carbocycles. The lowest BCUT2D eigenvalue weighted by molar-refractivity contribution is -0.141. The average Bonchev–Trinajstić information content (AvgIpc) is 3.62. The predicted octanol–water partition coefficient (Wildman–Crippen LogP) is 4.86. The number of carboxylic acid groups (broad SMARTS) is 1. The normalized spacial score (nSPS) is 27.3. The Kier molecular flexibility index (Phi) is 5.65. The largest absolute Gasteiger partial charge is 0.481 e. The number of benzene rings is 1. The molecule has 3 saturated carbocycles. The van der Waals surface area contributed by atoms with Crippen molar-refractivity contribution in [3.8, 4) is 0 Å². The number of hydrogen-bond acceptors (Lipinski definition) is 6. The maximum Gasteiger partial charge on any atom is 0.410 e. The van der Waals surface area contributed by atoms with E-state index in [4.69, 9.17) is 14.2 Å². The third-order valence-electron chi connectivity index (χ3n) is 7.39. The maximum atomic E-state index is 13.3. The summed E-state index contributed by atoms with van der Waals surface area (Å²) in [4.78, 5) is 31.2. The molecule has 182 valence electrons. The highest BCUT2D eigenvalue weighted by Crippen LogP contribution is 2.52. The van der Waals surface area contributed by atoms with E-state index in [0.29, 0.717) is 37.0 Å². The van der Waals surface area contributed by atoms with Crippen molar-refractivity contribution < 1.29 is 24.0 Å². The van der Waals surface area contributed by atoms with Gasteiger partial charge in [0.25, 0.3) is 0 Å². The van der Waals surface area contributed by atoms with Crippen LogP contribution in [0.3, 0.4) is 0 Å². The van der Waals surface area contributed by atoms with Crippen molar-refractivity contribution in [3.63, 3.8) is 0 Å². The van der Waals surface area contributed by atoms with Gasteiger partial charge in [0.05, 0.1) is 11.3 Å². The minimum absolute atomic E-state index is 0.00833. The van der Waals surface area contributed by atoms with Crippen molar-refractivity contribution in [3.05, 3.63) is 47.6 Å². The van der Waals surface area contributed by atoms with Crippen LogP contribution in [0.4, 0.5) is 4.79 Å². The van der Waals surface area contributed by atoms with Crippen molar-refractivity contribution in [2.45, 2.75) is 88.2 Å². The number of carbonyl (C=O) groups excluding carboxylic acids is 1. The van der Waals surface area contributed by atoms with E-state index < -0.39 is 11.6 Å². The molecule has 0 radical (unpaired) electrons. The van der Waals surface area contributed by atoms with Crippen molar-refractivity contribution >= 4 is 12.1 Å². The first-order valence-electron chi connectivity index (χ1n) is 12.3. The topological polar surface area (TPSA) is 106 Å². The van der Waals surface area contributed by atoms with Crippen molar-refractivity contribution in [2.24, 2.45) is 5.92 Å². The predicted molar refractivity (Wildman–Crippen MR) is 123 cm³/mol. The fourth-order valence-electron chi connectivity index (χ4n) is 5.20. The highest BCUT2D eigenvalue weighted by atomic mass is 16.6. The van der Waals surface area contributed by atoms with Crippen LogP contribution in [0.25, 0.3) is 0 Å². The molecule has 0 spiro atoms. The number of rotatable bonds is 7. The number of aliphatic carboxylic acids is 1. The number of ether oxygens (including phenoxy) is 1. The molecule has 1 N–H and O–H groups in total. The van der Waals surface area contributed by atoms with E-state index in [1.807, 2.05) is 43.9 Å². The van der Waals surface area contributed by atoms with Gasteiger partial charge in [0.1, 0.15) is 5.60 Å². The summed E-state index contributed by atoms with van der Waals surface area (Å²) in [6, 6.07) is 10.4. The fraction of sp³-hybridized carbons (Fsp3) is 0.615. The number of amides is 1. The van der Waals surface area contributed by atoms with Crippen LogP contribution in [-0.4, -0.2) is 50.4 Å². The molecule has 0 bridgehead atoms. The van der Waals surface area contributed by atoms with Gasteiger partial charge < -0.3 is 19.3 Å². The zero-order valence-electron chi connectivity index (χ0n) is 20.1. The lowest BCUT2D eigenvalue weighted by Gasteiger charge is -2.30. The Labute approximate surface area is 199 Å². The van der Waals surface area contributed by atoms with Gasteiger partial charge >= 0.3 is 12.1 Å². The van der Waals surface area contributed by atoms with Gasteiger partial charge in [0.15, 0.2) is 5.82 Å². The molecule has 1 amide bonds. The van der Waals surface area contributed by atoms with Crippen LogP contribution < -0.4 is 0 Å². The molecule has 0 saturated heterocycles. The highest BCUT2D eigenvalue weighted by molar-refractivity contribution is 5.70. The number of carbonyl (C=O) groups is 2. The quantitative estimate of drug-likeness (QED) is 0.620. The first kappa shape index (κ1) is 22.9. The first-order chi connectivity index (χ1) is 16.2. The Balaban J connectivity index is 1.33. The Morgan fingerprint density at radius 2 is 1.91 bits per heavy atom. The molecule has 3 aliphatic rings. The molecule has 4 atom stereocenters. The monoisotopic (exact) mass is 467 g/mol. The van der Waals surface area contributed by atoms with E-state index in [2.05, 4.69) is 17.3 Å². The van der Waals surface area contributed by atoms with E-state index in [-0.39, 0.29) is 29.4 Å². The van der Waals surface area contributed by atoms with Gasteiger partial charge in [0, 0.05) is 24.4 Å². The first-order valence-corrected chi connectivity index (χ1v) is 12.3. The summed E-state index contributed by atoms with van der Waals surface area (Å²) < 4.78 is 11.4. The zero-order valence-corrected chi connectivity index (χ0v) is 20.1. The Bertz CT molecular complexity index is 1060. The summed E-state index contributed by atoms with van der Waals surface area (Å²) in [7, 11) is 0. The standard InChI is InChI=1S/C26H33N3O5/c1-25(2,3)33-24(32)29(20-14-19(20)16-7-5-4-6-8-16)15-26(11-12-26)23-27-21(34-28-23)17-9-10-18(13-17)22(30)31/h4-8,17-20H,9-15H2,1-3H3,(H,30,31)/t17-,18+,19?,20-/m0/s1.